The molecule has 1 aliphatic heterocycles. The lowest BCUT2D eigenvalue weighted by Crippen LogP contribution is -2.50. The van der Waals surface area contributed by atoms with Crippen molar-refractivity contribution < 1.29 is 9.59 Å². The Kier molecular flexibility index (Phi) is 5.90. The van der Waals surface area contributed by atoms with Crippen LogP contribution in [0.1, 0.15) is 38.5 Å². The molecule has 0 bridgehead atoms. The predicted octanol–water partition coefficient (Wildman–Crippen LogP) is 1.59. The number of allylic oxidation sites excluding steroid dienone is 1. The van der Waals surface area contributed by atoms with Gasteiger partial charge in [0.25, 0.3) is 0 Å². The molecule has 0 unspecified atom stereocenters. The topological polar surface area (TPSA) is 73.5 Å². The summed E-state index contributed by atoms with van der Waals surface area (Å²) in [6, 6.07) is 0.0251. The molecule has 1 aliphatic carbocycles. The van der Waals surface area contributed by atoms with E-state index in [2.05, 4.69) is 22.0 Å². The van der Waals surface area contributed by atoms with Crippen molar-refractivity contribution in [2.45, 2.75) is 44.6 Å². The van der Waals surface area contributed by atoms with Crippen molar-refractivity contribution in [1.29, 1.82) is 0 Å². The molecule has 0 aromatic heterocycles. The Balaban J connectivity index is 1.68. The number of piperidine rings is 1. The fourth-order valence-corrected chi connectivity index (χ4v) is 2.85. The van der Waals surface area contributed by atoms with Gasteiger partial charge in [-0.2, -0.15) is 0 Å². The van der Waals surface area contributed by atoms with Crippen molar-refractivity contribution in [2.24, 2.45) is 0 Å². The van der Waals surface area contributed by atoms with Crippen molar-refractivity contribution in [3.63, 3.8) is 0 Å². The third-order valence-electron chi connectivity index (χ3n) is 4.20. The lowest BCUT2D eigenvalue weighted by atomic mass is 10.00. The van der Waals surface area contributed by atoms with Crippen LogP contribution in [0.4, 0.5) is 9.59 Å². The molecule has 2 aliphatic rings. The third kappa shape index (κ3) is 4.95. The van der Waals surface area contributed by atoms with Crippen molar-refractivity contribution in [2.75, 3.05) is 26.7 Å². The molecular weight excluding hydrogens is 268 g/mol. The van der Waals surface area contributed by atoms with E-state index in [9.17, 15) is 9.59 Å². The largest absolute Gasteiger partial charge is 0.341 e. The number of urea groups is 2. The van der Waals surface area contributed by atoms with Gasteiger partial charge in [0.2, 0.25) is 0 Å². The highest BCUT2D eigenvalue weighted by atomic mass is 16.2. The highest BCUT2D eigenvalue weighted by Gasteiger charge is 2.23. The molecule has 0 radical (unpaired) electrons. The maximum Gasteiger partial charge on any atom is 0.317 e. The second-order valence-electron chi connectivity index (χ2n) is 5.75. The zero-order valence-electron chi connectivity index (χ0n) is 12.8. The molecule has 118 valence electrons. The minimum absolute atomic E-state index is 0.0138. The van der Waals surface area contributed by atoms with Crippen LogP contribution in [-0.4, -0.2) is 49.7 Å². The molecule has 3 N–H and O–H groups in total. The van der Waals surface area contributed by atoms with Crippen molar-refractivity contribution >= 4 is 12.1 Å². The second-order valence-corrected chi connectivity index (χ2v) is 5.75. The maximum atomic E-state index is 12.1. The Morgan fingerprint density at radius 2 is 2.05 bits per heavy atom. The monoisotopic (exact) mass is 294 g/mol. The molecule has 0 spiro atoms. The summed E-state index contributed by atoms with van der Waals surface area (Å²) in [5.74, 6) is 0. The van der Waals surface area contributed by atoms with Gasteiger partial charge in [0.05, 0.1) is 0 Å². The van der Waals surface area contributed by atoms with E-state index < -0.39 is 0 Å². The smallest absolute Gasteiger partial charge is 0.317 e. The van der Waals surface area contributed by atoms with Gasteiger partial charge in [-0.15, -0.1) is 0 Å². The van der Waals surface area contributed by atoms with Gasteiger partial charge in [-0.3, -0.25) is 0 Å². The summed E-state index contributed by atoms with van der Waals surface area (Å²) in [6.07, 6.45) is 8.62. The van der Waals surface area contributed by atoms with E-state index in [4.69, 9.17) is 0 Å². The average molecular weight is 294 g/mol. The van der Waals surface area contributed by atoms with E-state index in [0.717, 1.165) is 25.7 Å². The first-order valence-electron chi connectivity index (χ1n) is 7.88. The van der Waals surface area contributed by atoms with Crippen LogP contribution < -0.4 is 16.0 Å². The van der Waals surface area contributed by atoms with Gasteiger partial charge in [-0.05, 0) is 38.5 Å². The molecule has 21 heavy (non-hydrogen) atoms. The first-order valence-corrected chi connectivity index (χ1v) is 7.88. The molecule has 4 amide bonds. The number of rotatable bonds is 3. The molecule has 0 saturated carbocycles. The Hall–Kier alpha value is -1.72. The zero-order chi connectivity index (χ0) is 15.1. The number of carbonyl (C=O) groups excluding carboxylic acids is 2. The lowest BCUT2D eigenvalue weighted by Gasteiger charge is -2.32. The van der Waals surface area contributed by atoms with Crippen molar-refractivity contribution in [1.82, 2.24) is 20.9 Å². The number of amides is 4. The standard InChI is InChI=1S/C15H26N4O2/c1-16-14(20)18-13-7-9-19(10-8-13)15(21)17-11-12-5-3-2-4-6-12/h5,13H,2-4,6-11H2,1H3,(H,17,21)(H2,16,18,20). The van der Waals surface area contributed by atoms with Crippen molar-refractivity contribution in [3.05, 3.63) is 11.6 Å². The molecule has 0 atom stereocenters. The quantitative estimate of drug-likeness (QED) is 0.692. The first kappa shape index (κ1) is 15.7. The van der Waals surface area contributed by atoms with Gasteiger partial charge in [0, 0.05) is 32.7 Å². The summed E-state index contributed by atoms with van der Waals surface area (Å²) < 4.78 is 0. The zero-order valence-corrected chi connectivity index (χ0v) is 12.8. The van der Waals surface area contributed by atoms with Gasteiger partial charge in [-0.1, -0.05) is 11.6 Å². The van der Waals surface area contributed by atoms with E-state index in [-0.39, 0.29) is 18.1 Å². The van der Waals surface area contributed by atoms with Crippen LogP contribution in [0.3, 0.4) is 0 Å². The summed E-state index contributed by atoms with van der Waals surface area (Å²) in [5.41, 5.74) is 1.35. The third-order valence-corrected chi connectivity index (χ3v) is 4.20. The van der Waals surface area contributed by atoms with Crippen LogP contribution in [0.15, 0.2) is 11.6 Å². The highest BCUT2D eigenvalue weighted by Crippen LogP contribution is 2.16. The highest BCUT2D eigenvalue weighted by molar-refractivity contribution is 5.75. The van der Waals surface area contributed by atoms with Crippen LogP contribution in [0, 0.1) is 0 Å². The molecule has 6 heteroatoms. The summed E-state index contributed by atoms with van der Waals surface area (Å²) in [6.45, 7) is 2.06. The molecule has 1 fully saturated rings. The maximum absolute atomic E-state index is 12.1. The van der Waals surface area contributed by atoms with Gasteiger partial charge in [0.15, 0.2) is 0 Å². The molecule has 0 aromatic carbocycles. The summed E-state index contributed by atoms with van der Waals surface area (Å²) in [5, 5.41) is 8.46. The SMILES string of the molecule is CNC(=O)NC1CCN(C(=O)NCC2=CCCCC2)CC1. The van der Waals surface area contributed by atoms with Crippen molar-refractivity contribution in [3.8, 4) is 0 Å². The molecule has 2 rings (SSSR count). The van der Waals surface area contributed by atoms with E-state index in [1.165, 1.54) is 18.4 Å². The Morgan fingerprint density at radius 1 is 1.29 bits per heavy atom. The molecule has 0 aromatic rings. The normalized spacial score (nSPS) is 19.7. The van der Waals surface area contributed by atoms with E-state index >= 15 is 0 Å². The fraction of sp³-hybridized carbons (Fsp3) is 0.733. The first-order chi connectivity index (χ1) is 10.2. The van der Waals surface area contributed by atoms with Gasteiger partial charge in [0.1, 0.15) is 0 Å². The van der Waals surface area contributed by atoms with Crippen LogP contribution in [0.5, 0.6) is 0 Å². The van der Waals surface area contributed by atoms with Crippen LogP contribution in [0.2, 0.25) is 0 Å². The van der Waals surface area contributed by atoms with E-state index in [0.29, 0.717) is 19.6 Å². The minimum atomic E-state index is -0.151. The number of nitrogens with one attached hydrogen (secondary N) is 3. The minimum Gasteiger partial charge on any atom is -0.341 e. The van der Waals surface area contributed by atoms with Crippen LogP contribution in [-0.2, 0) is 0 Å². The number of nitrogens with zero attached hydrogens (tertiary/aromatic N) is 1. The van der Waals surface area contributed by atoms with Gasteiger partial charge >= 0.3 is 12.1 Å². The fourth-order valence-electron chi connectivity index (χ4n) is 2.85. The number of hydrogen-bond acceptors (Lipinski definition) is 2. The number of carbonyl (C=O) groups is 2. The summed E-state index contributed by atoms with van der Waals surface area (Å²) in [4.78, 5) is 25.2. The molecular formula is C15H26N4O2. The molecule has 1 heterocycles. The second kappa shape index (κ2) is 7.90. The molecule has 1 saturated heterocycles. The number of likely N-dealkylation sites (tertiary alicyclic amines) is 1. The lowest BCUT2D eigenvalue weighted by molar-refractivity contribution is 0.177. The Morgan fingerprint density at radius 3 is 2.67 bits per heavy atom. The average Bonchev–Trinajstić information content (AvgIpc) is 2.54. The Bertz CT molecular complexity index is 400. The van der Waals surface area contributed by atoms with Gasteiger partial charge < -0.3 is 20.9 Å². The Labute approximate surface area is 126 Å². The summed E-state index contributed by atoms with van der Waals surface area (Å²) in [7, 11) is 1.61. The summed E-state index contributed by atoms with van der Waals surface area (Å²) >= 11 is 0. The predicted molar refractivity (Wildman–Crippen MR) is 82.1 cm³/mol. The number of hydrogen-bond donors (Lipinski definition) is 3. The van der Waals surface area contributed by atoms with E-state index in [1.807, 2.05) is 4.90 Å². The molecule has 6 nitrogen and oxygen atoms in total. The van der Waals surface area contributed by atoms with Gasteiger partial charge in [-0.25, -0.2) is 9.59 Å². The van der Waals surface area contributed by atoms with Crippen LogP contribution in [0.25, 0.3) is 0 Å². The van der Waals surface area contributed by atoms with Crippen LogP contribution >= 0.6 is 0 Å². The van der Waals surface area contributed by atoms with E-state index in [1.54, 1.807) is 7.05 Å².